The molecule has 4 rings (SSSR count). The van der Waals surface area contributed by atoms with Crippen LogP contribution in [0.25, 0.3) is 22.1 Å². The maximum atomic E-state index is 12.8. The molecule has 31 heavy (non-hydrogen) atoms. The Morgan fingerprint density at radius 2 is 1.74 bits per heavy atom. The average Bonchev–Trinajstić information content (AvgIpc) is 2.79. The van der Waals surface area contributed by atoms with Crippen molar-refractivity contribution in [3.8, 4) is 22.6 Å². The van der Waals surface area contributed by atoms with Crippen LogP contribution < -0.4 is 10.2 Å². The van der Waals surface area contributed by atoms with Crippen molar-refractivity contribution < 1.29 is 23.8 Å². The Bertz CT molecular complexity index is 1270. The third kappa shape index (κ3) is 4.43. The van der Waals surface area contributed by atoms with E-state index in [9.17, 15) is 14.7 Å². The first-order chi connectivity index (χ1) is 15.0. The summed E-state index contributed by atoms with van der Waals surface area (Å²) in [5, 5.41) is 9.87. The molecular weight excluding hydrogens is 396 g/mol. The van der Waals surface area contributed by atoms with E-state index in [0.717, 1.165) is 5.56 Å². The van der Waals surface area contributed by atoms with Crippen LogP contribution in [0.15, 0.2) is 82.2 Å². The Kier molecular flexibility index (Phi) is 5.71. The van der Waals surface area contributed by atoms with Crippen LogP contribution in [0.2, 0.25) is 0 Å². The molecule has 156 valence electrons. The summed E-state index contributed by atoms with van der Waals surface area (Å²) in [6.07, 6.45) is 1.41. The minimum Gasteiger partial charge on any atom is -0.508 e. The maximum absolute atomic E-state index is 12.8. The van der Waals surface area contributed by atoms with Crippen molar-refractivity contribution in [3.63, 3.8) is 0 Å². The molecule has 1 heterocycles. The number of hydrogen-bond donors (Lipinski definition) is 1. The lowest BCUT2D eigenvalue weighted by molar-refractivity contribution is 0.0526. The van der Waals surface area contributed by atoms with Gasteiger partial charge < -0.3 is 19.0 Å². The van der Waals surface area contributed by atoms with Gasteiger partial charge in [0.05, 0.1) is 23.1 Å². The normalized spacial score (nSPS) is 10.7. The van der Waals surface area contributed by atoms with Crippen LogP contribution >= 0.6 is 0 Å². The van der Waals surface area contributed by atoms with Gasteiger partial charge >= 0.3 is 5.97 Å². The molecule has 0 fully saturated rings. The summed E-state index contributed by atoms with van der Waals surface area (Å²) in [7, 11) is 0. The number of fused-ring (bicyclic) bond motifs is 1. The third-order valence-corrected chi connectivity index (χ3v) is 4.79. The molecule has 6 heteroatoms. The molecule has 1 aromatic heterocycles. The van der Waals surface area contributed by atoms with E-state index < -0.39 is 0 Å². The highest BCUT2D eigenvalue weighted by Crippen LogP contribution is 2.24. The fourth-order valence-electron chi connectivity index (χ4n) is 3.16. The molecule has 0 aliphatic carbocycles. The molecule has 4 aromatic rings. The molecule has 0 aliphatic heterocycles. The number of esters is 1. The summed E-state index contributed by atoms with van der Waals surface area (Å²) < 4.78 is 16.5. The van der Waals surface area contributed by atoms with Gasteiger partial charge in [0, 0.05) is 6.07 Å². The van der Waals surface area contributed by atoms with Gasteiger partial charge in [-0.2, -0.15) is 0 Å². The molecule has 1 N–H and O–H groups in total. The van der Waals surface area contributed by atoms with E-state index in [1.165, 1.54) is 18.4 Å². The van der Waals surface area contributed by atoms with E-state index in [1.807, 2.05) is 0 Å². The van der Waals surface area contributed by atoms with Crippen LogP contribution in [0.3, 0.4) is 0 Å². The van der Waals surface area contributed by atoms with Gasteiger partial charge in [-0.05, 0) is 54.4 Å². The fraction of sp³-hybridized carbons (Fsp3) is 0.120. The molecule has 0 saturated carbocycles. The molecule has 0 unspecified atom stereocenters. The largest absolute Gasteiger partial charge is 0.508 e. The Balaban J connectivity index is 1.51. The molecule has 0 aliphatic rings. The second-order valence-electron chi connectivity index (χ2n) is 6.89. The van der Waals surface area contributed by atoms with Crippen molar-refractivity contribution in [1.82, 2.24) is 0 Å². The van der Waals surface area contributed by atoms with E-state index in [1.54, 1.807) is 61.5 Å². The number of benzene rings is 3. The zero-order valence-corrected chi connectivity index (χ0v) is 16.8. The highest BCUT2D eigenvalue weighted by molar-refractivity contribution is 5.89. The molecule has 0 atom stereocenters. The summed E-state index contributed by atoms with van der Waals surface area (Å²) in [5.74, 6) is 0.333. The van der Waals surface area contributed by atoms with Crippen LogP contribution in [0.5, 0.6) is 11.5 Å². The van der Waals surface area contributed by atoms with Crippen molar-refractivity contribution in [3.05, 3.63) is 94.3 Å². The number of carbonyl (C=O) groups excluding carboxylic acids is 1. The summed E-state index contributed by atoms with van der Waals surface area (Å²) >= 11 is 0. The topological polar surface area (TPSA) is 86.0 Å². The second-order valence-corrected chi connectivity index (χ2v) is 6.89. The zero-order chi connectivity index (χ0) is 21.8. The van der Waals surface area contributed by atoms with Crippen molar-refractivity contribution in [1.29, 1.82) is 0 Å². The molecule has 0 spiro atoms. The second kappa shape index (κ2) is 8.75. The van der Waals surface area contributed by atoms with E-state index >= 15 is 0 Å². The predicted molar refractivity (Wildman–Crippen MR) is 116 cm³/mol. The van der Waals surface area contributed by atoms with Gasteiger partial charge in [-0.25, -0.2) is 4.79 Å². The standard InChI is InChI=1S/C25H20O6/c1-2-29-25(28)18-5-3-16(4-6-18)14-30-20-11-12-21-23(13-20)31-15-22(24(21)27)17-7-9-19(26)10-8-17/h3-13,15,26H,2,14H2,1H3. The van der Waals surface area contributed by atoms with Crippen LogP contribution in [0.1, 0.15) is 22.8 Å². The number of rotatable bonds is 6. The molecular formula is C25H20O6. The zero-order valence-electron chi connectivity index (χ0n) is 16.8. The molecule has 0 saturated heterocycles. The summed E-state index contributed by atoms with van der Waals surface area (Å²) in [6, 6.07) is 18.4. The van der Waals surface area contributed by atoms with Crippen LogP contribution in [0.4, 0.5) is 0 Å². The first-order valence-corrected chi connectivity index (χ1v) is 9.79. The monoisotopic (exact) mass is 416 g/mol. The van der Waals surface area contributed by atoms with Gasteiger partial charge in [-0.1, -0.05) is 24.3 Å². The van der Waals surface area contributed by atoms with Gasteiger partial charge in [0.25, 0.3) is 0 Å². The summed E-state index contributed by atoms with van der Waals surface area (Å²) in [6.45, 7) is 2.39. The van der Waals surface area contributed by atoms with Crippen molar-refractivity contribution in [2.75, 3.05) is 6.61 Å². The van der Waals surface area contributed by atoms with Crippen molar-refractivity contribution in [2.45, 2.75) is 13.5 Å². The SMILES string of the molecule is CCOC(=O)c1ccc(COc2ccc3c(=O)c(-c4ccc(O)cc4)coc3c2)cc1. The average molecular weight is 416 g/mol. The van der Waals surface area contributed by atoms with Crippen molar-refractivity contribution in [2.24, 2.45) is 0 Å². The van der Waals surface area contributed by atoms with Crippen molar-refractivity contribution >= 4 is 16.9 Å². The lowest BCUT2D eigenvalue weighted by Gasteiger charge is -2.08. The Morgan fingerprint density at radius 1 is 1.00 bits per heavy atom. The van der Waals surface area contributed by atoms with Crippen LogP contribution in [-0.4, -0.2) is 17.7 Å². The maximum Gasteiger partial charge on any atom is 0.338 e. The highest BCUT2D eigenvalue weighted by atomic mass is 16.5. The first-order valence-electron chi connectivity index (χ1n) is 9.79. The molecule has 0 bridgehead atoms. The number of hydrogen-bond acceptors (Lipinski definition) is 6. The van der Waals surface area contributed by atoms with Gasteiger partial charge in [0.15, 0.2) is 5.43 Å². The van der Waals surface area contributed by atoms with Gasteiger partial charge in [-0.3, -0.25) is 4.79 Å². The summed E-state index contributed by atoms with van der Waals surface area (Å²) in [5.41, 5.74) is 2.72. The van der Waals surface area contributed by atoms with Crippen LogP contribution in [0, 0.1) is 0 Å². The molecule has 0 amide bonds. The number of ether oxygens (including phenoxy) is 2. The predicted octanol–water partition coefficient (Wildman–Crippen LogP) is 4.92. The summed E-state index contributed by atoms with van der Waals surface area (Å²) in [4.78, 5) is 24.6. The Labute approximate surface area is 178 Å². The lowest BCUT2D eigenvalue weighted by Crippen LogP contribution is -2.05. The molecule has 3 aromatic carbocycles. The van der Waals surface area contributed by atoms with E-state index in [0.29, 0.717) is 46.6 Å². The highest BCUT2D eigenvalue weighted by Gasteiger charge is 2.11. The van der Waals surface area contributed by atoms with E-state index in [-0.39, 0.29) is 17.1 Å². The van der Waals surface area contributed by atoms with Gasteiger partial charge in [0.1, 0.15) is 30.0 Å². The van der Waals surface area contributed by atoms with Gasteiger partial charge in [-0.15, -0.1) is 0 Å². The molecule has 6 nitrogen and oxygen atoms in total. The first kappa shape index (κ1) is 20.2. The third-order valence-electron chi connectivity index (χ3n) is 4.79. The number of carbonyl (C=O) groups is 1. The smallest absolute Gasteiger partial charge is 0.338 e. The Morgan fingerprint density at radius 3 is 2.45 bits per heavy atom. The minimum absolute atomic E-state index is 0.131. The lowest BCUT2D eigenvalue weighted by atomic mass is 10.1. The van der Waals surface area contributed by atoms with Crippen LogP contribution in [-0.2, 0) is 11.3 Å². The Hall–Kier alpha value is -4.06. The van der Waals surface area contributed by atoms with E-state index in [4.69, 9.17) is 13.9 Å². The van der Waals surface area contributed by atoms with Gasteiger partial charge in [0.2, 0.25) is 0 Å². The quantitative estimate of drug-likeness (QED) is 0.449. The number of phenolic OH excluding ortho intramolecular Hbond substituents is 1. The minimum atomic E-state index is -0.355. The molecule has 0 radical (unpaired) electrons. The number of phenols is 1. The number of aromatic hydroxyl groups is 1. The van der Waals surface area contributed by atoms with E-state index in [2.05, 4.69) is 0 Å². The fourth-order valence-corrected chi connectivity index (χ4v) is 3.16.